The summed E-state index contributed by atoms with van der Waals surface area (Å²) in [7, 11) is 1.40. The number of fused-ring (bicyclic) bond motifs is 1. The fourth-order valence-corrected chi connectivity index (χ4v) is 4.22. The third-order valence-corrected chi connectivity index (χ3v) is 5.51. The minimum absolute atomic E-state index is 0.198. The van der Waals surface area contributed by atoms with E-state index in [1.807, 2.05) is 30.3 Å². The monoisotopic (exact) mass is 388 g/mol. The van der Waals surface area contributed by atoms with E-state index in [2.05, 4.69) is 21.7 Å². The SMILES string of the molecule is COC(=O)CCn1c2c(c(Cc3ccccc3)c1-c1ccncc1)C(=O)CCC2. The van der Waals surface area contributed by atoms with Crippen LogP contribution >= 0.6 is 0 Å². The number of ether oxygens (including phenoxy) is 1. The number of hydrogen-bond acceptors (Lipinski definition) is 4. The molecular formula is C24H24N2O3. The molecule has 0 fully saturated rings. The smallest absolute Gasteiger partial charge is 0.307 e. The number of carbonyl (C=O) groups is 2. The van der Waals surface area contributed by atoms with E-state index in [0.29, 0.717) is 19.4 Å². The van der Waals surface area contributed by atoms with E-state index in [0.717, 1.165) is 46.5 Å². The highest BCUT2D eigenvalue weighted by Gasteiger charge is 2.30. The highest BCUT2D eigenvalue weighted by molar-refractivity contribution is 6.02. The standard InChI is InChI=1S/C24H24N2O3/c1-29-22(28)12-15-26-20-8-5-9-21(27)23(20)19(16-17-6-3-2-4-7-17)24(26)18-10-13-25-14-11-18/h2-4,6-7,10-11,13-14H,5,8-9,12,15-16H2,1H3. The molecule has 0 aliphatic heterocycles. The van der Waals surface area contributed by atoms with E-state index in [1.54, 1.807) is 12.4 Å². The average molecular weight is 388 g/mol. The number of nitrogens with zero attached hydrogens (tertiary/aromatic N) is 2. The van der Waals surface area contributed by atoms with Crippen molar-refractivity contribution in [2.75, 3.05) is 7.11 Å². The highest BCUT2D eigenvalue weighted by atomic mass is 16.5. The van der Waals surface area contributed by atoms with Crippen molar-refractivity contribution in [3.8, 4) is 11.3 Å². The summed E-state index contributed by atoms with van der Waals surface area (Å²) in [6.07, 6.45) is 6.74. The second-order valence-electron chi connectivity index (χ2n) is 7.30. The average Bonchev–Trinajstić information content (AvgIpc) is 3.07. The van der Waals surface area contributed by atoms with Gasteiger partial charge < -0.3 is 9.30 Å². The zero-order chi connectivity index (χ0) is 20.2. The first kappa shape index (κ1) is 19.1. The summed E-state index contributed by atoms with van der Waals surface area (Å²) in [5, 5.41) is 0. The molecule has 3 aromatic rings. The Bertz CT molecular complexity index is 1020. The van der Waals surface area contributed by atoms with E-state index in [9.17, 15) is 9.59 Å². The van der Waals surface area contributed by atoms with Crippen LogP contribution in [0.4, 0.5) is 0 Å². The summed E-state index contributed by atoms with van der Waals surface area (Å²) in [5.41, 5.74) is 6.12. The van der Waals surface area contributed by atoms with Crippen molar-refractivity contribution in [3.05, 3.63) is 77.2 Å². The molecule has 29 heavy (non-hydrogen) atoms. The number of hydrogen-bond donors (Lipinski definition) is 0. The minimum atomic E-state index is -0.250. The normalized spacial score (nSPS) is 13.2. The van der Waals surface area contributed by atoms with Gasteiger partial charge in [0.1, 0.15) is 0 Å². The molecule has 0 saturated heterocycles. The van der Waals surface area contributed by atoms with Gasteiger partial charge in [-0.15, -0.1) is 0 Å². The fourth-order valence-electron chi connectivity index (χ4n) is 4.22. The molecule has 2 aromatic heterocycles. The molecule has 148 valence electrons. The van der Waals surface area contributed by atoms with Gasteiger partial charge in [-0.1, -0.05) is 30.3 Å². The molecule has 5 nitrogen and oxygen atoms in total. The molecule has 4 rings (SSSR count). The Morgan fingerprint density at radius 2 is 1.86 bits per heavy atom. The van der Waals surface area contributed by atoms with Gasteiger partial charge in [0.15, 0.2) is 5.78 Å². The lowest BCUT2D eigenvalue weighted by Gasteiger charge is -2.16. The Labute approximate surface area is 170 Å². The van der Waals surface area contributed by atoms with Crippen LogP contribution in [0.1, 0.15) is 46.4 Å². The molecule has 1 aliphatic carbocycles. The van der Waals surface area contributed by atoms with Crippen molar-refractivity contribution < 1.29 is 14.3 Å². The van der Waals surface area contributed by atoms with Crippen molar-refractivity contribution in [2.24, 2.45) is 0 Å². The Hall–Kier alpha value is -3.21. The predicted octanol–water partition coefficient (Wildman–Crippen LogP) is 4.22. The first-order valence-electron chi connectivity index (χ1n) is 9.97. The number of benzene rings is 1. The lowest BCUT2D eigenvalue weighted by Crippen LogP contribution is -2.15. The van der Waals surface area contributed by atoms with Gasteiger partial charge in [-0.2, -0.15) is 0 Å². The number of carbonyl (C=O) groups excluding carboxylic acids is 2. The molecule has 0 atom stereocenters. The topological polar surface area (TPSA) is 61.2 Å². The minimum Gasteiger partial charge on any atom is -0.469 e. The molecule has 0 saturated carbocycles. The van der Waals surface area contributed by atoms with Crippen LogP contribution in [0, 0.1) is 0 Å². The summed E-state index contributed by atoms with van der Waals surface area (Å²) < 4.78 is 7.02. The second-order valence-corrected chi connectivity index (χ2v) is 7.30. The van der Waals surface area contributed by atoms with Crippen LogP contribution in [0.3, 0.4) is 0 Å². The maximum absolute atomic E-state index is 13.0. The van der Waals surface area contributed by atoms with Gasteiger partial charge in [0, 0.05) is 48.6 Å². The van der Waals surface area contributed by atoms with Crippen molar-refractivity contribution in [3.63, 3.8) is 0 Å². The van der Waals surface area contributed by atoms with Gasteiger partial charge in [0.2, 0.25) is 0 Å². The Morgan fingerprint density at radius 1 is 1.10 bits per heavy atom. The van der Waals surface area contributed by atoms with Crippen molar-refractivity contribution in [1.29, 1.82) is 0 Å². The zero-order valence-corrected chi connectivity index (χ0v) is 16.6. The molecule has 0 amide bonds. The predicted molar refractivity (Wildman–Crippen MR) is 111 cm³/mol. The van der Waals surface area contributed by atoms with Gasteiger partial charge in [0.05, 0.1) is 19.2 Å². The van der Waals surface area contributed by atoms with Crippen LogP contribution in [0.15, 0.2) is 54.9 Å². The number of esters is 1. The number of Topliss-reactive ketones (excluding diaryl/α,β-unsaturated/α-hetero) is 1. The molecule has 0 spiro atoms. The van der Waals surface area contributed by atoms with Gasteiger partial charge in [0.25, 0.3) is 0 Å². The Morgan fingerprint density at radius 3 is 2.59 bits per heavy atom. The van der Waals surface area contributed by atoms with Crippen LogP contribution in [-0.4, -0.2) is 28.4 Å². The molecule has 0 bridgehead atoms. The first-order chi connectivity index (χ1) is 14.2. The highest BCUT2D eigenvalue weighted by Crippen LogP contribution is 2.37. The van der Waals surface area contributed by atoms with E-state index in [1.165, 1.54) is 7.11 Å². The maximum Gasteiger partial charge on any atom is 0.307 e. The molecule has 1 aromatic carbocycles. The third kappa shape index (κ3) is 3.86. The lowest BCUT2D eigenvalue weighted by molar-refractivity contribution is -0.140. The summed E-state index contributed by atoms with van der Waals surface area (Å²) in [4.78, 5) is 29.0. The van der Waals surface area contributed by atoms with Gasteiger partial charge in [-0.05, 0) is 36.1 Å². The number of pyridine rings is 1. The van der Waals surface area contributed by atoms with Crippen LogP contribution in [0.2, 0.25) is 0 Å². The summed E-state index contributed by atoms with van der Waals surface area (Å²) in [6.45, 7) is 0.495. The zero-order valence-electron chi connectivity index (χ0n) is 16.6. The molecule has 5 heteroatoms. The van der Waals surface area contributed by atoms with Crippen LogP contribution < -0.4 is 0 Å². The van der Waals surface area contributed by atoms with Crippen molar-refractivity contribution in [1.82, 2.24) is 9.55 Å². The second kappa shape index (κ2) is 8.43. The maximum atomic E-state index is 13.0. The van der Waals surface area contributed by atoms with Gasteiger partial charge in [-0.3, -0.25) is 14.6 Å². The summed E-state index contributed by atoms with van der Waals surface area (Å²) >= 11 is 0. The van der Waals surface area contributed by atoms with Crippen LogP contribution in [0.25, 0.3) is 11.3 Å². The molecule has 2 heterocycles. The quantitative estimate of drug-likeness (QED) is 0.593. The van der Waals surface area contributed by atoms with Crippen LogP contribution in [0.5, 0.6) is 0 Å². The third-order valence-electron chi connectivity index (χ3n) is 5.51. The molecule has 1 aliphatic rings. The largest absolute Gasteiger partial charge is 0.469 e. The van der Waals surface area contributed by atoms with Crippen molar-refractivity contribution >= 4 is 11.8 Å². The first-order valence-corrected chi connectivity index (χ1v) is 9.97. The summed E-state index contributed by atoms with van der Waals surface area (Å²) in [6, 6.07) is 14.1. The Kier molecular flexibility index (Phi) is 5.56. The van der Waals surface area contributed by atoms with Crippen molar-refractivity contribution in [2.45, 2.75) is 38.6 Å². The van der Waals surface area contributed by atoms with E-state index in [-0.39, 0.29) is 18.2 Å². The number of aromatic nitrogens is 2. The van der Waals surface area contributed by atoms with E-state index in [4.69, 9.17) is 4.74 Å². The van der Waals surface area contributed by atoms with Gasteiger partial charge in [-0.25, -0.2) is 0 Å². The number of methoxy groups -OCH3 is 1. The summed E-state index contributed by atoms with van der Waals surface area (Å²) in [5.74, 6) is -0.0517. The molecule has 0 unspecified atom stereocenters. The van der Waals surface area contributed by atoms with E-state index >= 15 is 0 Å². The number of rotatable bonds is 6. The molecule has 0 radical (unpaired) electrons. The lowest BCUT2D eigenvalue weighted by atomic mass is 9.90. The molecular weight excluding hydrogens is 364 g/mol. The van der Waals surface area contributed by atoms with Crippen LogP contribution in [-0.2, 0) is 28.9 Å². The van der Waals surface area contributed by atoms with Gasteiger partial charge >= 0.3 is 5.97 Å². The number of ketones is 1. The Balaban J connectivity index is 1.90. The fraction of sp³-hybridized carbons (Fsp3) is 0.292. The van der Waals surface area contributed by atoms with E-state index < -0.39 is 0 Å². The molecule has 0 N–H and O–H groups in total.